The summed E-state index contributed by atoms with van der Waals surface area (Å²) >= 11 is 0.891. The SMILES string of the molecule is O=C(CSc1nc(-c2ccccc2)cc(C(F)(F)F)n1)N1CCN(c2ccc(F)cc2)CC1. The zero-order valence-corrected chi connectivity index (χ0v) is 18.2. The lowest BCUT2D eigenvalue weighted by molar-refractivity contribution is -0.141. The van der Waals surface area contributed by atoms with Crippen LogP contribution in [-0.2, 0) is 11.0 Å². The average molecular weight is 476 g/mol. The first kappa shape index (κ1) is 23.0. The van der Waals surface area contributed by atoms with Gasteiger partial charge in [-0.15, -0.1) is 0 Å². The van der Waals surface area contributed by atoms with E-state index in [-0.39, 0.29) is 28.3 Å². The number of rotatable bonds is 5. The molecule has 2 heterocycles. The Balaban J connectivity index is 1.40. The number of aromatic nitrogens is 2. The molecule has 0 radical (unpaired) electrons. The zero-order valence-electron chi connectivity index (χ0n) is 17.4. The van der Waals surface area contributed by atoms with Crippen LogP contribution in [0.1, 0.15) is 5.69 Å². The van der Waals surface area contributed by atoms with Gasteiger partial charge in [0.2, 0.25) is 5.91 Å². The first-order chi connectivity index (χ1) is 15.8. The molecule has 1 fully saturated rings. The molecule has 5 nitrogen and oxygen atoms in total. The van der Waals surface area contributed by atoms with E-state index < -0.39 is 11.9 Å². The van der Waals surface area contributed by atoms with Crippen LogP contribution in [0.3, 0.4) is 0 Å². The second kappa shape index (κ2) is 9.78. The summed E-state index contributed by atoms with van der Waals surface area (Å²) in [7, 11) is 0. The van der Waals surface area contributed by atoms with E-state index in [1.807, 2.05) is 0 Å². The summed E-state index contributed by atoms with van der Waals surface area (Å²) in [5, 5.41) is -0.0954. The van der Waals surface area contributed by atoms with Crippen molar-refractivity contribution in [3.05, 3.63) is 72.2 Å². The third kappa shape index (κ3) is 5.81. The summed E-state index contributed by atoms with van der Waals surface area (Å²) in [4.78, 5) is 24.2. The molecule has 33 heavy (non-hydrogen) atoms. The third-order valence-electron chi connectivity index (χ3n) is 5.21. The first-order valence-corrected chi connectivity index (χ1v) is 11.2. The van der Waals surface area contributed by atoms with Crippen molar-refractivity contribution >= 4 is 23.4 Å². The number of hydrogen-bond donors (Lipinski definition) is 0. The van der Waals surface area contributed by atoms with E-state index in [9.17, 15) is 22.4 Å². The monoisotopic (exact) mass is 476 g/mol. The van der Waals surface area contributed by atoms with Crippen molar-refractivity contribution in [2.45, 2.75) is 11.3 Å². The molecule has 1 aliphatic heterocycles. The second-order valence-corrected chi connectivity index (χ2v) is 8.36. The smallest absolute Gasteiger partial charge is 0.368 e. The summed E-state index contributed by atoms with van der Waals surface area (Å²) in [6.07, 6.45) is -4.62. The van der Waals surface area contributed by atoms with Gasteiger partial charge in [0.25, 0.3) is 0 Å². The summed E-state index contributed by atoms with van der Waals surface area (Å²) < 4.78 is 53.2. The highest BCUT2D eigenvalue weighted by Gasteiger charge is 2.34. The highest BCUT2D eigenvalue weighted by atomic mass is 32.2. The van der Waals surface area contributed by atoms with Gasteiger partial charge < -0.3 is 9.80 Å². The summed E-state index contributed by atoms with van der Waals surface area (Å²) in [6, 6.07) is 15.6. The van der Waals surface area contributed by atoms with Gasteiger partial charge >= 0.3 is 6.18 Å². The Labute approximate surface area is 192 Å². The number of carbonyl (C=O) groups excluding carboxylic acids is 1. The van der Waals surface area contributed by atoms with Crippen LogP contribution in [-0.4, -0.2) is 52.7 Å². The van der Waals surface area contributed by atoms with E-state index in [1.165, 1.54) is 12.1 Å². The van der Waals surface area contributed by atoms with Gasteiger partial charge in [-0.3, -0.25) is 4.79 Å². The van der Waals surface area contributed by atoms with Gasteiger partial charge in [-0.05, 0) is 30.3 Å². The van der Waals surface area contributed by atoms with Crippen molar-refractivity contribution < 1.29 is 22.4 Å². The Kier molecular flexibility index (Phi) is 6.83. The Bertz CT molecular complexity index is 1100. The van der Waals surface area contributed by atoms with E-state index in [0.29, 0.717) is 31.7 Å². The second-order valence-electron chi connectivity index (χ2n) is 7.42. The maximum atomic E-state index is 13.4. The van der Waals surface area contributed by atoms with Crippen molar-refractivity contribution in [1.82, 2.24) is 14.9 Å². The van der Waals surface area contributed by atoms with Gasteiger partial charge in [0.1, 0.15) is 11.5 Å². The molecule has 0 N–H and O–H groups in total. The van der Waals surface area contributed by atoms with Gasteiger partial charge in [-0.1, -0.05) is 42.1 Å². The molecule has 0 bridgehead atoms. The molecule has 1 saturated heterocycles. The molecule has 1 amide bonds. The fraction of sp³-hybridized carbons (Fsp3) is 0.261. The van der Waals surface area contributed by atoms with E-state index in [1.54, 1.807) is 47.4 Å². The standard InChI is InChI=1S/C23H20F4N4OS/c24-17-6-8-18(9-7-17)30-10-12-31(13-11-30)21(32)15-33-22-28-19(16-4-2-1-3-5-16)14-20(29-22)23(25,26)27/h1-9,14H,10-13,15H2. The maximum Gasteiger partial charge on any atom is 0.433 e. The number of carbonyl (C=O) groups is 1. The minimum absolute atomic E-state index is 0.0634. The average Bonchev–Trinajstić information content (AvgIpc) is 2.83. The number of thioether (sulfide) groups is 1. The zero-order chi connectivity index (χ0) is 23.4. The van der Waals surface area contributed by atoms with Crippen LogP contribution in [0.2, 0.25) is 0 Å². The first-order valence-electron chi connectivity index (χ1n) is 10.2. The largest absolute Gasteiger partial charge is 0.433 e. The predicted octanol–water partition coefficient (Wildman–Crippen LogP) is 4.74. The lowest BCUT2D eigenvalue weighted by Gasteiger charge is -2.36. The molecule has 3 aromatic rings. The third-order valence-corrected chi connectivity index (χ3v) is 6.05. The molecule has 172 valence electrons. The van der Waals surface area contributed by atoms with E-state index in [0.717, 1.165) is 23.5 Å². The van der Waals surface area contributed by atoms with Gasteiger partial charge in [-0.25, -0.2) is 14.4 Å². The van der Waals surface area contributed by atoms with E-state index in [2.05, 4.69) is 14.9 Å². The molecule has 1 aliphatic rings. The van der Waals surface area contributed by atoms with Gasteiger partial charge in [0.15, 0.2) is 5.16 Å². The molecular formula is C23H20F4N4OS. The fourth-order valence-corrected chi connectivity index (χ4v) is 4.24. The number of hydrogen-bond acceptors (Lipinski definition) is 5. The molecule has 1 aromatic heterocycles. The van der Waals surface area contributed by atoms with Crippen LogP contribution in [0.4, 0.5) is 23.2 Å². The van der Waals surface area contributed by atoms with Crippen molar-refractivity contribution in [3.8, 4) is 11.3 Å². The van der Waals surface area contributed by atoms with Gasteiger partial charge in [0.05, 0.1) is 11.4 Å². The highest BCUT2D eigenvalue weighted by molar-refractivity contribution is 7.99. The topological polar surface area (TPSA) is 49.3 Å². The highest BCUT2D eigenvalue weighted by Crippen LogP contribution is 2.32. The molecule has 0 spiro atoms. The Hall–Kier alpha value is -3.14. The number of nitrogens with zero attached hydrogens (tertiary/aromatic N) is 4. The number of halogens is 4. The summed E-state index contributed by atoms with van der Waals surface area (Å²) in [5.41, 5.74) is 0.527. The number of anilines is 1. The number of alkyl halides is 3. The van der Waals surface area contributed by atoms with Crippen molar-refractivity contribution in [1.29, 1.82) is 0 Å². The van der Waals surface area contributed by atoms with E-state index in [4.69, 9.17) is 0 Å². The molecule has 0 saturated carbocycles. The molecule has 0 atom stereocenters. The lowest BCUT2D eigenvalue weighted by Crippen LogP contribution is -2.49. The molecular weight excluding hydrogens is 456 g/mol. The van der Waals surface area contributed by atoms with Crippen molar-refractivity contribution in [3.63, 3.8) is 0 Å². The lowest BCUT2D eigenvalue weighted by atomic mass is 10.1. The summed E-state index contributed by atoms with van der Waals surface area (Å²) in [5.74, 6) is -0.565. The summed E-state index contributed by atoms with van der Waals surface area (Å²) in [6.45, 7) is 2.10. The van der Waals surface area contributed by atoms with Gasteiger partial charge in [0, 0.05) is 37.4 Å². The Morgan fingerprint density at radius 1 is 0.939 bits per heavy atom. The number of piperazine rings is 1. The quantitative estimate of drug-likeness (QED) is 0.302. The predicted molar refractivity (Wildman–Crippen MR) is 118 cm³/mol. The van der Waals surface area contributed by atoms with Crippen LogP contribution in [0.5, 0.6) is 0 Å². The number of benzene rings is 2. The molecule has 2 aromatic carbocycles. The minimum atomic E-state index is -4.62. The van der Waals surface area contributed by atoms with Crippen LogP contribution in [0.25, 0.3) is 11.3 Å². The molecule has 10 heteroatoms. The van der Waals surface area contributed by atoms with Crippen LogP contribution in [0, 0.1) is 5.82 Å². The Morgan fingerprint density at radius 3 is 2.24 bits per heavy atom. The number of amides is 1. The molecule has 0 unspecified atom stereocenters. The van der Waals surface area contributed by atoms with Crippen molar-refractivity contribution in [2.24, 2.45) is 0 Å². The van der Waals surface area contributed by atoms with Crippen molar-refractivity contribution in [2.75, 3.05) is 36.8 Å². The maximum absolute atomic E-state index is 13.4. The van der Waals surface area contributed by atoms with Crippen LogP contribution < -0.4 is 4.90 Å². The van der Waals surface area contributed by atoms with E-state index >= 15 is 0 Å². The molecule has 0 aliphatic carbocycles. The van der Waals surface area contributed by atoms with Gasteiger partial charge in [-0.2, -0.15) is 13.2 Å². The normalized spacial score (nSPS) is 14.4. The molecule has 4 rings (SSSR count). The van der Waals surface area contributed by atoms with Crippen LogP contribution in [0.15, 0.2) is 65.8 Å². The Morgan fingerprint density at radius 2 is 1.61 bits per heavy atom. The minimum Gasteiger partial charge on any atom is -0.368 e. The van der Waals surface area contributed by atoms with Crippen LogP contribution >= 0.6 is 11.8 Å². The fourth-order valence-electron chi connectivity index (χ4n) is 3.48.